The van der Waals surface area contributed by atoms with E-state index in [2.05, 4.69) is 14.9 Å². The fourth-order valence-corrected chi connectivity index (χ4v) is 1.67. The van der Waals surface area contributed by atoms with Gasteiger partial charge < -0.3 is 10.1 Å². The van der Waals surface area contributed by atoms with Crippen LogP contribution in [0.25, 0.3) is 4.85 Å². The number of ether oxygens (including phenoxy) is 1. The van der Waals surface area contributed by atoms with E-state index < -0.39 is 5.66 Å². The minimum atomic E-state index is -0.591. The Hall–Kier alpha value is -2.02. The summed E-state index contributed by atoms with van der Waals surface area (Å²) in [7, 11) is 1.40. The van der Waals surface area contributed by atoms with Crippen molar-refractivity contribution in [1.82, 2.24) is 0 Å². The van der Waals surface area contributed by atoms with Crippen molar-refractivity contribution in [1.29, 1.82) is 0 Å². The van der Waals surface area contributed by atoms with Gasteiger partial charge in [0, 0.05) is 26.0 Å². The molecule has 1 aromatic rings. The lowest BCUT2D eigenvalue weighted by Gasteiger charge is -2.15. The number of carbonyl (C=O) groups excluding carboxylic acids is 1. The normalized spacial score (nSPS) is 10.6. The quantitative estimate of drug-likeness (QED) is 0.630. The van der Waals surface area contributed by atoms with Crippen LogP contribution in [0.15, 0.2) is 24.3 Å². The van der Waals surface area contributed by atoms with Crippen LogP contribution in [-0.2, 0) is 16.0 Å². The van der Waals surface area contributed by atoms with Gasteiger partial charge in [-0.3, -0.25) is 9.64 Å². The smallest absolute Gasteiger partial charge is 0.305 e. The molecule has 1 aromatic carbocycles. The molecule has 19 heavy (non-hydrogen) atoms. The number of aryl methyl sites for hydroxylation is 1. The molecular weight excluding hydrogens is 240 g/mol. The van der Waals surface area contributed by atoms with E-state index in [1.165, 1.54) is 12.7 Å². The van der Waals surface area contributed by atoms with Gasteiger partial charge in [-0.2, -0.15) is 0 Å². The SMILES string of the molecule is [C-]#[N+]C(C)(C)Nc1ccc(CCCC(=O)OC)cc1. The standard InChI is InChI=1S/C15H20N2O2/c1-15(2,16-3)17-13-10-8-12(9-11-13)6-5-7-14(18)19-4/h8-11,17H,5-7H2,1-2,4H3. The average Bonchev–Trinajstić information content (AvgIpc) is 2.40. The average molecular weight is 260 g/mol. The molecule has 0 unspecified atom stereocenters. The van der Waals surface area contributed by atoms with Crippen molar-refractivity contribution < 1.29 is 9.53 Å². The first-order valence-corrected chi connectivity index (χ1v) is 6.29. The molecule has 102 valence electrons. The van der Waals surface area contributed by atoms with E-state index in [0.29, 0.717) is 6.42 Å². The van der Waals surface area contributed by atoms with Crippen LogP contribution in [0.2, 0.25) is 0 Å². The Kier molecular flexibility index (Phi) is 5.37. The van der Waals surface area contributed by atoms with Crippen molar-refractivity contribution in [3.8, 4) is 0 Å². The number of hydrogen-bond acceptors (Lipinski definition) is 3. The molecule has 0 saturated heterocycles. The van der Waals surface area contributed by atoms with Crippen LogP contribution < -0.4 is 5.32 Å². The Morgan fingerprint density at radius 1 is 1.37 bits per heavy atom. The molecule has 4 heteroatoms. The molecule has 0 radical (unpaired) electrons. The summed E-state index contributed by atoms with van der Waals surface area (Å²) in [5.41, 5.74) is 1.51. The van der Waals surface area contributed by atoms with E-state index >= 15 is 0 Å². The zero-order chi connectivity index (χ0) is 14.3. The molecular formula is C15H20N2O2. The zero-order valence-corrected chi connectivity index (χ0v) is 11.7. The van der Waals surface area contributed by atoms with Crippen LogP contribution in [0.3, 0.4) is 0 Å². The second kappa shape index (κ2) is 6.79. The maximum Gasteiger partial charge on any atom is 0.305 e. The van der Waals surface area contributed by atoms with Crippen molar-refractivity contribution in [2.24, 2.45) is 0 Å². The van der Waals surface area contributed by atoms with Gasteiger partial charge in [0.25, 0.3) is 5.66 Å². The first kappa shape index (κ1) is 15.0. The minimum absolute atomic E-state index is 0.169. The van der Waals surface area contributed by atoms with E-state index in [1.807, 2.05) is 38.1 Å². The summed E-state index contributed by atoms with van der Waals surface area (Å²) in [5, 5.41) is 3.15. The molecule has 0 saturated carbocycles. The Morgan fingerprint density at radius 2 is 2.00 bits per heavy atom. The number of anilines is 1. The van der Waals surface area contributed by atoms with Crippen LogP contribution in [0.5, 0.6) is 0 Å². The van der Waals surface area contributed by atoms with Crippen LogP contribution in [-0.4, -0.2) is 18.7 Å². The molecule has 0 aliphatic heterocycles. The first-order valence-electron chi connectivity index (χ1n) is 6.29. The molecule has 4 nitrogen and oxygen atoms in total. The molecule has 0 aliphatic carbocycles. The van der Waals surface area contributed by atoms with E-state index in [1.54, 1.807) is 0 Å². The Morgan fingerprint density at radius 3 is 2.53 bits per heavy atom. The highest BCUT2D eigenvalue weighted by Gasteiger charge is 2.21. The highest BCUT2D eigenvalue weighted by atomic mass is 16.5. The molecule has 0 spiro atoms. The van der Waals surface area contributed by atoms with E-state index in [4.69, 9.17) is 6.57 Å². The fourth-order valence-electron chi connectivity index (χ4n) is 1.67. The summed E-state index contributed by atoms with van der Waals surface area (Å²) >= 11 is 0. The maximum atomic E-state index is 11.0. The highest BCUT2D eigenvalue weighted by molar-refractivity contribution is 5.69. The molecule has 1 N–H and O–H groups in total. The summed E-state index contributed by atoms with van der Waals surface area (Å²) < 4.78 is 4.60. The number of nitrogens with one attached hydrogen (secondary N) is 1. The number of carbonyl (C=O) groups is 1. The predicted octanol–water partition coefficient (Wildman–Crippen LogP) is 3.25. The topological polar surface area (TPSA) is 42.7 Å². The fraction of sp³-hybridized carbons (Fsp3) is 0.467. The lowest BCUT2D eigenvalue weighted by Crippen LogP contribution is -2.25. The van der Waals surface area contributed by atoms with Gasteiger partial charge in [-0.05, 0) is 30.5 Å². The van der Waals surface area contributed by atoms with Gasteiger partial charge in [0.05, 0.1) is 7.11 Å². The molecule has 0 atom stereocenters. The summed E-state index contributed by atoms with van der Waals surface area (Å²) in [5.74, 6) is -0.169. The summed E-state index contributed by atoms with van der Waals surface area (Å²) in [4.78, 5) is 14.5. The number of hydrogen-bond donors (Lipinski definition) is 1. The van der Waals surface area contributed by atoms with Gasteiger partial charge in [0.15, 0.2) is 0 Å². The Balaban J connectivity index is 2.48. The van der Waals surface area contributed by atoms with E-state index in [9.17, 15) is 4.79 Å². The number of nitrogens with zero attached hydrogens (tertiary/aromatic N) is 1. The summed E-state index contributed by atoms with van der Waals surface area (Å²) in [6, 6.07) is 7.94. The molecule has 1 rings (SSSR count). The highest BCUT2D eigenvalue weighted by Crippen LogP contribution is 2.17. The Bertz CT molecular complexity index is 458. The molecule has 0 aromatic heterocycles. The van der Waals surface area contributed by atoms with Crippen LogP contribution >= 0.6 is 0 Å². The van der Waals surface area contributed by atoms with Gasteiger partial charge in [-0.1, -0.05) is 12.1 Å². The van der Waals surface area contributed by atoms with Gasteiger partial charge in [-0.15, -0.1) is 0 Å². The Labute approximate surface area is 114 Å². The van der Waals surface area contributed by atoms with Crippen molar-refractivity contribution >= 4 is 11.7 Å². The molecule has 0 fully saturated rings. The van der Waals surface area contributed by atoms with Gasteiger partial charge in [0.2, 0.25) is 0 Å². The third-order valence-electron chi connectivity index (χ3n) is 2.76. The van der Waals surface area contributed by atoms with Crippen LogP contribution in [0.1, 0.15) is 32.3 Å². The summed E-state index contributed by atoms with van der Waals surface area (Å²) in [6.45, 7) is 10.7. The molecule has 0 heterocycles. The number of benzene rings is 1. The van der Waals surface area contributed by atoms with Crippen molar-refractivity contribution in [2.45, 2.75) is 38.8 Å². The monoisotopic (exact) mass is 260 g/mol. The van der Waals surface area contributed by atoms with Gasteiger partial charge in [-0.25, -0.2) is 6.57 Å². The maximum absolute atomic E-state index is 11.0. The second-order valence-electron chi connectivity index (χ2n) is 4.92. The largest absolute Gasteiger partial charge is 0.469 e. The number of rotatable bonds is 6. The third-order valence-corrected chi connectivity index (χ3v) is 2.76. The molecule has 0 bridgehead atoms. The van der Waals surface area contributed by atoms with Crippen LogP contribution in [0.4, 0.5) is 5.69 Å². The van der Waals surface area contributed by atoms with Gasteiger partial charge >= 0.3 is 5.97 Å². The van der Waals surface area contributed by atoms with Crippen molar-refractivity contribution in [3.05, 3.63) is 41.2 Å². The van der Waals surface area contributed by atoms with Gasteiger partial charge in [0.1, 0.15) is 0 Å². The number of esters is 1. The molecule has 0 amide bonds. The second-order valence-corrected chi connectivity index (χ2v) is 4.92. The van der Waals surface area contributed by atoms with Crippen molar-refractivity contribution in [2.75, 3.05) is 12.4 Å². The zero-order valence-electron chi connectivity index (χ0n) is 11.7. The van der Waals surface area contributed by atoms with E-state index in [-0.39, 0.29) is 5.97 Å². The third kappa shape index (κ3) is 5.43. The van der Waals surface area contributed by atoms with E-state index in [0.717, 1.165) is 18.5 Å². The first-order chi connectivity index (χ1) is 8.96. The van der Waals surface area contributed by atoms with Crippen LogP contribution in [0, 0.1) is 6.57 Å². The molecule has 0 aliphatic rings. The lowest BCUT2D eigenvalue weighted by atomic mass is 10.1. The lowest BCUT2D eigenvalue weighted by molar-refractivity contribution is -0.140. The number of methoxy groups -OCH3 is 1. The van der Waals surface area contributed by atoms with Crippen molar-refractivity contribution in [3.63, 3.8) is 0 Å². The predicted molar refractivity (Wildman–Crippen MR) is 75.7 cm³/mol. The minimum Gasteiger partial charge on any atom is -0.469 e. The summed E-state index contributed by atoms with van der Waals surface area (Å²) in [6.07, 6.45) is 2.08.